The summed E-state index contributed by atoms with van der Waals surface area (Å²) >= 11 is 0. The van der Waals surface area contributed by atoms with Crippen molar-refractivity contribution in [3.63, 3.8) is 0 Å². The minimum Gasteiger partial charge on any atom is -0.121 e. The summed E-state index contributed by atoms with van der Waals surface area (Å²) in [5.74, 6) is 0.874. The van der Waals surface area contributed by atoms with E-state index >= 15 is 0 Å². The molecule has 2 heteroatoms. The number of hydrogen-bond acceptors (Lipinski definition) is 0. The van der Waals surface area contributed by atoms with Gasteiger partial charge in [-0.2, -0.15) is 0 Å². The molecule has 0 fully saturated rings. The first-order valence-corrected chi connectivity index (χ1v) is 9.16. The van der Waals surface area contributed by atoms with E-state index in [0.29, 0.717) is 11.8 Å². The van der Waals surface area contributed by atoms with Gasteiger partial charge in [0.2, 0.25) is 0 Å². The number of rotatable bonds is 5. The van der Waals surface area contributed by atoms with Crippen LogP contribution in [0.5, 0.6) is 0 Å². The molecule has 2 unspecified atom stereocenters. The number of hydrogen-bond donors (Lipinski definition) is 0. The molecule has 130 valence electrons. The van der Waals surface area contributed by atoms with E-state index in [2.05, 4.69) is 114 Å². The third-order valence-electron chi connectivity index (χ3n) is 4.82. The maximum Gasteiger partial charge on any atom is 0.0414 e. The molecule has 0 aromatic heterocycles. The molecule has 2 atom stereocenters. The highest BCUT2D eigenvalue weighted by molar-refractivity contribution is 8.93. The van der Waals surface area contributed by atoms with Gasteiger partial charge in [-0.3, -0.25) is 0 Å². The zero-order chi connectivity index (χ0) is 17.0. The summed E-state index contributed by atoms with van der Waals surface area (Å²) in [6.45, 7) is 4.64. The van der Waals surface area contributed by atoms with E-state index in [4.69, 9.17) is 0 Å². The van der Waals surface area contributed by atoms with Gasteiger partial charge < -0.3 is 0 Å². The zero-order valence-corrected chi connectivity index (χ0v) is 17.7. The van der Waals surface area contributed by atoms with Crippen LogP contribution in [-0.2, 0) is 5.16 Å². The quantitative estimate of drug-likeness (QED) is 0.403. The average molecular weight is 413 g/mol. The summed E-state index contributed by atoms with van der Waals surface area (Å²) < 4.78 is 0. The molecule has 3 aromatic carbocycles. The minimum absolute atomic E-state index is 0. The van der Waals surface area contributed by atoms with Crippen molar-refractivity contribution < 1.29 is 0 Å². The van der Waals surface area contributed by atoms with Crippen LogP contribution in [0, 0.1) is 5.92 Å². The van der Waals surface area contributed by atoms with Gasteiger partial charge in [0, 0.05) is 11.1 Å². The molecule has 0 aliphatic heterocycles. The van der Waals surface area contributed by atoms with Crippen LogP contribution < -0.4 is 0 Å². The Balaban J connectivity index is 0.00000225. The first-order valence-electron chi connectivity index (χ1n) is 8.59. The van der Waals surface area contributed by atoms with Crippen LogP contribution in [0.15, 0.2) is 91.0 Å². The summed E-state index contributed by atoms with van der Waals surface area (Å²) in [6.07, 6.45) is 0. The van der Waals surface area contributed by atoms with E-state index in [-0.39, 0.29) is 22.1 Å². The predicted octanol–water partition coefficient (Wildman–Crippen LogP) is 6.82. The van der Waals surface area contributed by atoms with Crippen molar-refractivity contribution >= 4 is 26.2 Å². The lowest BCUT2D eigenvalue weighted by molar-refractivity contribution is 0.425. The largest absolute Gasteiger partial charge is 0.121 e. The second-order valence-corrected chi connectivity index (χ2v) is 7.64. The highest BCUT2D eigenvalue weighted by Gasteiger charge is 2.40. The maximum absolute atomic E-state index is 3.20. The summed E-state index contributed by atoms with van der Waals surface area (Å²) in [7, 11) is 3.20. The molecule has 0 N–H and O–H groups in total. The van der Waals surface area contributed by atoms with E-state index in [1.807, 2.05) is 0 Å². The summed E-state index contributed by atoms with van der Waals surface area (Å²) in [5.41, 5.74) is 4.06. The fraction of sp³-hybridized carbons (Fsp3) is 0.217. The van der Waals surface area contributed by atoms with Gasteiger partial charge in [0.1, 0.15) is 0 Å². The molecule has 3 aromatic rings. The van der Waals surface area contributed by atoms with Crippen LogP contribution in [0.3, 0.4) is 0 Å². The van der Waals surface area contributed by atoms with Crippen LogP contribution in [0.4, 0.5) is 0 Å². The fourth-order valence-corrected chi connectivity index (χ4v) is 4.75. The molecule has 0 nitrogen and oxygen atoms in total. The highest BCUT2D eigenvalue weighted by atomic mass is 79.9. The van der Waals surface area contributed by atoms with Gasteiger partial charge in [-0.25, -0.2) is 0 Å². The van der Waals surface area contributed by atoms with Crippen molar-refractivity contribution in [1.82, 2.24) is 0 Å². The molecular formula is C23H26BrP. The van der Waals surface area contributed by atoms with Crippen LogP contribution in [-0.4, -0.2) is 0 Å². The van der Waals surface area contributed by atoms with E-state index in [1.165, 1.54) is 16.7 Å². The Morgan fingerprint density at radius 1 is 0.640 bits per heavy atom. The van der Waals surface area contributed by atoms with E-state index in [9.17, 15) is 0 Å². The Kier molecular flexibility index (Phi) is 6.99. The first-order chi connectivity index (χ1) is 11.6. The smallest absolute Gasteiger partial charge is 0.0414 e. The Labute approximate surface area is 164 Å². The normalized spacial score (nSPS) is 12.5. The third-order valence-corrected chi connectivity index (χ3v) is 5.84. The molecule has 0 saturated heterocycles. The molecule has 0 bridgehead atoms. The van der Waals surface area contributed by atoms with Crippen molar-refractivity contribution in [3.05, 3.63) is 108 Å². The molecular weight excluding hydrogens is 387 g/mol. The van der Waals surface area contributed by atoms with Gasteiger partial charge in [0.25, 0.3) is 0 Å². The van der Waals surface area contributed by atoms with E-state index in [1.54, 1.807) is 0 Å². The zero-order valence-electron chi connectivity index (χ0n) is 14.8. The lowest BCUT2D eigenvalue weighted by Crippen LogP contribution is -2.32. The van der Waals surface area contributed by atoms with Crippen LogP contribution in [0.25, 0.3) is 0 Å². The van der Waals surface area contributed by atoms with Crippen molar-refractivity contribution in [1.29, 1.82) is 0 Å². The molecule has 0 saturated carbocycles. The van der Waals surface area contributed by atoms with Crippen LogP contribution in [0.2, 0.25) is 0 Å². The molecule has 0 radical (unpaired) electrons. The minimum atomic E-state index is -0.155. The summed E-state index contributed by atoms with van der Waals surface area (Å²) in [4.78, 5) is 0. The monoisotopic (exact) mass is 412 g/mol. The Bertz CT molecular complexity index is 714. The molecule has 3 rings (SSSR count). The van der Waals surface area contributed by atoms with Gasteiger partial charge in [-0.15, -0.1) is 26.2 Å². The highest BCUT2D eigenvalue weighted by Crippen LogP contribution is 2.52. The second kappa shape index (κ2) is 8.79. The Morgan fingerprint density at radius 2 is 1.00 bits per heavy atom. The lowest BCUT2D eigenvalue weighted by atomic mass is 9.71. The van der Waals surface area contributed by atoms with Crippen LogP contribution >= 0.6 is 26.2 Å². The number of halogens is 1. The Morgan fingerprint density at radius 3 is 1.36 bits per heavy atom. The lowest BCUT2D eigenvalue weighted by Gasteiger charge is -2.41. The van der Waals surface area contributed by atoms with Crippen molar-refractivity contribution in [2.24, 2.45) is 5.92 Å². The molecule has 0 amide bonds. The predicted molar refractivity (Wildman–Crippen MR) is 118 cm³/mol. The second-order valence-electron chi connectivity index (χ2n) is 6.73. The summed E-state index contributed by atoms with van der Waals surface area (Å²) in [5, 5.41) is -0.155. The third kappa shape index (κ3) is 4.05. The maximum atomic E-state index is 3.20. The van der Waals surface area contributed by atoms with Crippen molar-refractivity contribution in [2.75, 3.05) is 0 Å². The topological polar surface area (TPSA) is 0 Å². The van der Waals surface area contributed by atoms with E-state index < -0.39 is 0 Å². The van der Waals surface area contributed by atoms with Crippen molar-refractivity contribution in [2.45, 2.75) is 24.9 Å². The standard InChI is InChI=1S/C23H25P.BrH/c1-18(2)22(19-12-6-3-7-13-19)23(24,20-14-8-4-9-15-20)21-16-10-5-11-17-21;/h3-18,22H,24H2,1-2H3;1H. The Hall–Kier alpha value is -1.43. The number of benzene rings is 3. The first kappa shape index (κ1) is 19.9. The molecule has 0 heterocycles. The average Bonchev–Trinajstić information content (AvgIpc) is 2.64. The van der Waals surface area contributed by atoms with Gasteiger partial charge >= 0.3 is 0 Å². The fourth-order valence-electron chi connectivity index (χ4n) is 3.79. The van der Waals surface area contributed by atoms with E-state index in [0.717, 1.165) is 0 Å². The molecule has 0 aliphatic rings. The summed E-state index contributed by atoms with van der Waals surface area (Å²) in [6, 6.07) is 32.6. The SMILES string of the molecule is Br.CC(C)C(c1ccccc1)C(P)(c1ccccc1)c1ccccc1. The molecule has 0 spiro atoms. The van der Waals surface area contributed by atoms with Crippen molar-refractivity contribution in [3.8, 4) is 0 Å². The van der Waals surface area contributed by atoms with Gasteiger partial charge in [0.05, 0.1) is 0 Å². The van der Waals surface area contributed by atoms with Gasteiger partial charge in [0.15, 0.2) is 0 Å². The molecule has 0 aliphatic carbocycles. The van der Waals surface area contributed by atoms with Gasteiger partial charge in [-0.1, -0.05) is 105 Å². The van der Waals surface area contributed by atoms with Crippen LogP contribution in [0.1, 0.15) is 36.5 Å². The molecule has 25 heavy (non-hydrogen) atoms. The van der Waals surface area contributed by atoms with Gasteiger partial charge in [-0.05, 0) is 22.6 Å².